The third-order valence-corrected chi connectivity index (χ3v) is 12.7. The molecular formula is C41H44N6O7S2. The molecule has 0 aliphatic rings. The highest BCUT2D eigenvalue weighted by Gasteiger charge is 2.38. The van der Waals surface area contributed by atoms with Gasteiger partial charge in [0.05, 0.1) is 11.8 Å². The monoisotopic (exact) mass is 796 g/mol. The topological polar surface area (TPSA) is 146 Å². The molecule has 4 aromatic carbocycles. The van der Waals surface area contributed by atoms with Gasteiger partial charge in [-0.15, -0.1) is 0 Å². The highest BCUT2D eigenvalue weighted by molar-refractivity contribution is 7.87. The van der Waals surface area contributed by atoms with Gasteiger partial charge in [-0.2, -0.15) is 25.4 Å². The van der Waals surface area contributed by atoms with Crippen LogP contribution in [0.2, 0.25) is 0 Å². The van der Waals surface area contributed by atoms with Crippen LogP contribution in [-0.2, 0) is 51.3 Å². The molecule has 2 aromatic heterocycles. The van der Waals surface area contributed by atoms with E-state index in [1.54, 1.807) is 24.3 Å². The number of ether oxygens (including phenoxy) is 2. The first-order chi connectivity index (χ1) is 26.8. The molecule has 6 aromatic rings. The maximum Gasteiger partial charge on any atom is 0.308 e. The zero-order valence-electron chi connectivity index (χ0n) is 31.5. The van der Waals surface area contributed by atoms with Crippen molar-refractivity contribution in [2.75, 3.05) is 28.2 Å². The highest BCUT2D eigenvalue weighted by Crippen LogP contribution is 2.33. The molecule has 15 heteroatoms. The molecule has 0 fully saturated rings. The molecule has 2 atom stereocenters. The first-order valence-electron chi connectivity index (χ1n) is 17.8. The van der Waals surface area contributed by atoms with Crippen molar-refractivity contribution in [3.05, 3.63) is 168 Å². The zero-order valence-corrected chi connectivity index (χ0v) is 33.2. The molecule has 13 nitrogen and oxygen atoms in total. The van der Waals surface area contributed by atoms with Crippen LogP contribution in [0.4, 0.5) is 0 Å². The van der Waals surface area contributed by atoms with E-state index in [0.29, 0.717) is 35.8 Å². The van der Waals surface area contributed by atoms with Crippen molar-refractivity contribution in [2.24, 2.45) is 0 Å². The van der Waals surface area contributed by atoms with Crippen molar-refractivity contribution in [1.82, 2.24) is 26.5 Å². The molecule has 2 heterocycles. The van der Waals surface area contributed by atoms with Crippen molar-refractivity contribution in [3.63, 3.8) is 0 Å². The van der Waals surface area contributed by atoms with Crippen LogP contribution in [0.1, 0.15) is 45.7 Å². The van der Waals surface area contributed by atoms with E-state index in [2.05, 4.69) is 9.97 Å². The lowest BCUT2D eigenvalue weighted by Gasteiger charge is -2.25. The first kappa shape index (κ1) is 40.1. The minimum absolute atomic E-state index is 0.0173. The average molecular weight is 797 g/mol. The van der Waals surface area contributed by atoms with Crippen molar-refractivity contribution >= 4 is 26.2 Å². The lowest BCUT2D eigenvalue weighted by Crippen LogP contribution is -2.35. The van der Waals surface area contributed by atoms with Crippen LogP contribution in [0.25, 0.3) is 0 Å². The smallest absolute Gasteiger partial charge is 0.308 e. The number of rotatable bonds is 18. The quantitative estimate of drug-likeness (QED) is 0.111. The Balaban J connectivity index is 1.37. The van der Waals surface area contributed by atoms with Crippen molar-refractivity contribution in [3.8, 4) is 11.5 Å². The lowest BCUT2D eigenvalue weighted by atomic mass is 9.83. The van der Waals surface area contributed by atoms with Crippen molar-refractivity contribution in [2.45, 2.75) is 37.9 Å². The lowest BCUT2D eigenvalue weighted by molar-refractivity contribution is -0.122. The van der Waals surface area contributed by atoms with Gasteiger partial charge in [0.25, 0.3) is 0 Å². The van der Waals surface area contributed by atoms with Gasteiger partial charge in [-0.1, -0.05) is 84.9 Å². The summed E-state index contributed by atoms with van der Waals surface area (Å²) in [6, 6.07) is 33.9. The summed E-state index contributed by atoms with van der Waals surface area (Å²) in [5.41, 5.74) is 3.42. The summed E-state index contributed by atoms with van der Waals surface area (Å²) in [4.78, 5) is 24.1. The SMILES string of the molecule is CN(C)S(=O)(=O)n1ccnc1C(Cc1ccc(OCc2ccccc2)cc1)C(=O)C(Cc1ccc(OCc2ccccc2)cc1)c1nccn1S(=O)(=O)N(C)C. The van der Waals surface area contributed by atoms with E-state index in [1.807, 2.05) is 84.9 Å². The number of hydrogen-bond donors (Lipinski definition) is 0. The molecule has 0 saturated heterocycles. The van der Waals surface area contributed by atoms with E-state index in [0.717, 1.165) is 27.7 Å². The maximum absolute atomic E-state index is 15.2. The second-order valence-corrected chi connectivity index (χ2v) is 17.5. The Morgan fingerprint density at radius 1 is 0.554 bits per heavy atom. The number of imidazole rings is 2. The van der Waals surface area contributed by atoms with E-state index in [9.17, 15) is 16.8 Å². The molecule has 0 radical (unpaired) electrons. The number of aromatic nitrogens is 4. The van der Waals surface area contributed by atoms with E-state index in [-0.39, 0.29) is 24.5 Å². The molecule has 292 valence electrons. The fourth-order valence-electron chi connectivity index (χ4n) is 6.11. The molecule has 0 spiro atoms. The largest absolute Gasteiger partial charge is 0.489 e. The van der Waals surface area contributed by atoms with Crippen LogP contribution in [-0.4, -0.2) is 77.3 Å². The molecule has 0 N–H and O–H groups in total. The molecule has 0 bridgehead atoms. The van der Waals surface area contributed by atoms with Crippen LogP contribution < -0.4 is 9.47 Å². The fourth-order valence-corrected chi connectivity index (χ4v) is 8.06. The maximum atomic E-state index is 15.2. The second kappa shape index (κ2) is 17.5. The van der Waals surface area contributed by atoms with Crippen LogP contribution >= 0.6 is 0 Å². The number of hydrogen-bond acceptors (Lipinski definition) is 9. The van der Waals surface area contributed by atoms with Crippen molar-refractivity contribution in [1.29, 1.82) is 0 Å². The number of carbonyl (C=O) groups excluding carboxylic acids is 1. The first-order valence-corrected chi connectivity index (χ1v) is 20.6. The fraction of sp³-hybridized carbons (Fsp3) is 0.244. The van der Waals surface area contributed by atoms with Gasteiger partial charge < -0.3 is 9.47 Å². The molecule has 56 heavy (non-hydrogen) atoms. The van der Waals surface area contributed by atoms with Crippen LogP contribution in [0.15, 0.2) is 134 Å². The summed E-state index contributed by atoms with van der Waals surface area (Å²) in [5.74, 6) is -1.58. The Labute approximate surface area is 328 Å². The van der Waals surface area contributed by atoms with E-state index in [1.165, 1.54) is 53.0 Å². The summed E-state index contributed by atoms with van der Waals surface area (Å²) < 4.78 is 70.3. The number of ketones is 1. The Morgan fingerprint density at radius 3 is 1.25 bits per heavy atom. The minimum Gasteiger partial charge on any atom is -0.489 e. The molecule has 2 unspecified atom stereocenters. The third-order valence-electron chi connectivity index (χ3n) is 9.22. The summed E-state index contributed by atoms with van der Waals surface area (Å²) in [6.45, 7) is 0.733. The number of nitrogens with zero attached hydrogens (tertiary/aromatic N) is 6. The summed E-state index contributed by atoms with van der Waals surface area (Å²) in [5, 5.41) is 0. The predicted molar refractivity (Wildman–Crippen MR) is 213 cm³/mol. The third kappa shape index (κ3) is 9.25. The minimum atomic E-state index is -4.11. The Bertz CT molecular complexity index is 2260. The number of Topliss-reactive ketones (excluding diaryl/α,β-unsaturated/α-hetero) is 1. The molecule has 0 aliphatic carbocycles. The summed E-state index contributed by atoms with van der Waals surface area (Å²) in [7, 11) is -2.65. The van der Waals surface area contributed by atoms with Crippen LogP contribution in [0.3, 0.4) is 0 Å². The van der Waals surface area contributed by atoms with Crippen LogP contribution in [0, 0.1) is 0 Å². The van der Waals surface area contributed by atoms with Gasteiger partial charge >= 0.3 is 20.4 Å². The molecule has 0 saturated carbocycles. The summed E-state index contributed by atoms with van der Waals surface area (Å²) >= 11 is 0. The molecule has 0 amide bonds. The van der Waals surface area contributed by atoms with Crippen LogP contribution in [0.5, 0.6) is 11.5 Å². The van der Waals surface area contributed by atoms with E-state index < -0.39 is 38.0 Å². The highest BCUT2D eigenvalue weighted by atomic mass is 32.2. The van der Waals surface area contributed by atoms with Gasteiger partial charge in [-0.25, -0.2) is 17.9 Å². The average Bonchev–Trinajstić information content (AvgIpc) is 3.91. The van der Waals surface area contributed by atoms with Gasteiger partial charge in [-0.05, 0) is 59.4 Å². The van der Waals surface area contributed by atoms with Gasteiger partial charge in [0.2, 0.25) is 0 Å². The van der Waals surface area contributed by atoms with Gasteiger partial charge in [0, 0.05) is 53.0 Å². The van der Waals surface area contributed by atoms with Gasteiger partial charge in [0.15, 0.2) is 5.78 Å². The van der Waals surface area contributed by atoms with Crippen molar-refractivity contribution < 1.29 is 31.1 Å². The molecular weight excluding hydrogens is 753 g/mol. The Kier molecular flexibility index (Phi) is 12.5. The van der Waals surface area contributed by atoms with E-state index in [4.69, 9.17) is 9.47 Å². The number of benzene rings is 4. The predicted octanol–water partition coefficient (Wildman–Crippen LogP) is 5.47. The standard InChI is InChI=1S/C41H44N6O7S2/c1-44(2)55(49,50)46-25-23-42-40(46)37(27-31-15-19-35(20-16-31)53-29-33-11-7-5-8-12-33)39(48)38(41-43-24-26-47(41)56(51,52)45(3)4)28-32-17-21-36(22-18-32)54-30-34-13-9-6-10-14-34/h5-26,37-38H,27-30H2,1-4H3. The van der Waals surface area contributed by atoms with E-state index >= 15 is 4.79 Å². The normalized spacial score (nSPS) is 13.1. The Hall–Kier alpha value is -5.61. The molecule has 6 rings (SSSR count). The summed E-state index contributed by atoms with van der Waals surface area (Å²) in [6.07, 6.45) is 5.34. The number of carbonyl (C=O) groups is 1. The van der Waals surface area contributed by atoms with Gasteiger partial charge in [0.1, 0.15) is 36.4 Å². The second-order valence-electron chi connectivity index (χ2n) is 13.5. The zero-order chi connectivity index (χ0) is 39.9. The van der Waals surface area contributed by atoms with Gasteiger partial charge in [-0.3, -0.25) is 4.79 Å². The molecule has 0 aliphatic heterocycles. The Morgan fingerprint density at radius 2 is 0.911 bits per heavy atom.